The summed E-state index contributed by atoms with van der Waals surface area (Å²) in [5, 5.41) is 4.20. The molecule has 0 aliphatic heterocycles. The summed E-state index contributed by atoms with van der Waals surface area (Å²) in [5.74, 6) is 1.27. The first-order valence-electron chi connectivity index (χ1n) is 8.16. The van der Waals surface area contributed by atoms with Crippen molar-refractivity contribution in [2.45, 2.75) is 71.4 Å². The average Bonchev–Trinajstić information content (AvgIpc) is 2.94. The third kappa shape index (κ3) is 4.13. The van der Waals surface area contributed by atoms with Crippen molar-refractivity contribution >= 4 is 5.78 Å². The van der Waals surface area contributed by atoms with Crippen LogP contribution in [-0.2, 0) is 16.0 Å². The van der Waals surface area contributed by atoms with Crippen molar-refractivity contribution in [3.63, 3.8) is 0 Å². The number of ketones is 1. The van der Waals surface area contributed by atoms with E-state index in [-0.39, 0.29) is 17.9 Å². The number of aromatic nitrogens is 3. The minimum Gasteiger partial charge on any atom is -0.370 e. The second kappa shape index (κ2) is 7.69. The van der Waals surface area contributed by atoms with Gasteiger partial charge in [-0.15, -0.1) is 0 Å². The molecule has 0 N–H and O–H groups in total. The van der Waals surface area contributed by atoms with Crippen LogP contribution in [0.15, 0.2) is 6.33 Å². The molecule has 1 aliphatic carbocycles. The fraction of sp³-hybridized carbons (Fsp3) is 0.812. The van der Waals surface area contributed by atoms with Gasteiger partial charge in [0.2, 0.25) is 0 Å². The van der Waals surface area contributed by atoms with Crippen LogP contribution in [0.3, 0.4) is 0 Å². The van der Waals surface area contributed by atoms with Gasteiger partial charge in [-0.25, -0.2) is 9.67 Å². The molecule has 0 aromatic carbocycles. The molecule has 0 amide bonds. The standard InChI is InChI=1S/C16H27N3O2/c1-4-21-16(13-8-6-5-7-9-13)14(20)10-15-17-11-18-19(15)12(2)3/h11-13,16H,4-10H2,1-3H3. The van der Waals surface area contributed by atoms with E-state index >= 15 is 0 Å². The van der Waals surface area contributed by atoms with E-state index in [0.717, 1.165) is 18.7 Å². The van der Waals surface area contributed by atoms with Crippen LogP contribution in [0.4, 0.5) is 0 Å². The van der Waals surface area contributed by atoms with E-state index < -0.39 is 0 Å². The summed E-state index contributed by atoms with van der Waals surface area (Å²) in [7, 11) is 0. The maximum Gasteiger partial charge on any atom is 0.169 e. The Morgan fingerprint density at radius 2 is 2.10 bits per heavy atom. The van der Waals surface area contributed by atoms with Crippen LogP contribution in [0.5, 0.6) is 0 Å². The molecule has 5 nitrogen and oxygen atoms in total. The molecular formula is C16H27N3O2. The van der Waals surface area contributed by atoms with Crippen LogP contribution in [0.2, 0.25) is 0 Å². The Hall–Kier alpha value is -1.23. The van der Waals surface area contributed by atoms with Crippen molar-refractivity contribution in [2.75, 3.05) is 6.61 Å². The van der Waals surface area contributed by atoms with Crippen LogP contribution >= 0.6 is 0 Å². The summed E-state index contributed by atoms with van der Waals surface area (Å²) in [5.41, 5.74) is 0. The lowest BCUT2D eigenvalue weighted by atomic mass is 9.83. The molecule has 2 rings (SSSR count). The number of nitrogens with zero attached hydrogens (tertiary/aromatic N) is 3. The van der Waals surface area contributed by atoms with Gasteiger partial charge in [-0.3, -0.25) is 4.79 Å². The highest BCUT2D eigenvalue weighted by Crippen LogP contribution is 2.29. The van der Waals surface area contributed by atoms with E-state index in [4.69, 9.17) is 4.74 Å². The SMILES string of the molecule is CCOC(C(=O)Cc1ncnn1C(C)C)C1CCCCC1. The van der Waals surface area contributed by atoms with Gasteiger partial charge in [-0.1, -0.05) is 19.3 Å². The fourth-order valence-electron chi connectivity index (χ4n) is 3.20. The summed E-state index contributed by atoms with van der Waals surface area (Å²) < 4.78 is 7.61. The van der Waals surface area contributed by atoms with E-state index in [9.17, 15) is 4.79 Å². The van der Waals surface area contributed by atoms with Gasteiger partial charge in [-0.2, -0.15) is 5.10 Å². The first-order chi connectivity index (χ1) is 10.1. The highest BCUT2D eigenvalue weighted by atomic mass is 16.5. The van der Waals surface area contributed by atoms with Crippen molar-refractivity contribution in [1.82, 2.24) is 14.8 Å². The van der Waals surface area contributed by atoms with Gasteiger partial charge < -0.3 is 4.74 Å². The summed E-state index contributed by atoms with van der Waals surface area (Å²) in [6, 6.07) is 0.218. The molecule has 1 unspecified atom stereocenters. The smallest absolute Gasteiger partial charge is 0.169 e. The average molecular weight is 293 g/mol. The fourth-order valence-corrected chi connectivity index (χ4v) is 3.20. The summed E-state index contributed by atoms with van der Waals surface area (Å²) >= 11 is 0. The van der Waals surface area contributed by atoms with E-state index in [1.807, 2.05) is 25.5 Å². The Bertz CT molecular complexity index is 450. The van der Waals surface area contributed by atoms with Gasteiger partial charge in [-0.05, 0) is 39.5 Å². The van der Waals surface area contributed by atoms with Gasteiger partial charge in [0.05, 0.1) is 6.42 Å². The molecule has 5 heteroatoms. The van der Waals surface area contributed by atoms with Crippen molar-refractivity contribution in [2.24, 2.45) is 5.92 Å². The summed E-state index contributed by atoms with van der Waals surface area (Å²) in [6.07, 6.45) is 7.49. The minimum atomic E-state index is -0.271. The van der Waals surface area contributed by atoms with Gasteiger partial charge in [0.25, 0.3) is 0 Å². The zero-order valence-electron chi connectivity index (χ0n) is 13.4. The van der Waals surface area contributed by atoms with Crippen molar-refractivity contribution in [3.8, 4) is 0 Å². The lowest BCUT2D eigenvalue weighted by Gasteiger charge is -2.29. The zero-order chi connectivity index (χ0) is 15.2. The number of ether oxygens (including phenoxy) is 1. The maximum absolute atomic E-state index is 12.7. The van der Waals surface area contributed by atoms with E-state index in [1.54, 1.807) is 0 Å². The summed E-state index contributed by atoms with van der Waals surface area (Å²) in [4.78, 5) is 16.9. The van der Waals surface area contributed by atoms with Gasteiger partial charge in [0.1, 0.15) is 18.3 Å². The Balaban J connectivity index is 2.05. The topological polar surface area (TPSA) is 57.0 Å². The third-order valence-electron chi connectivity index (χ3n) is 4.21. The molecule has 1 fully saturated rings. The Kier molecular flexibility index (Phi) is 5.91. The molecule has 1 atom stereocenters. The molecular weight excluding hydrogens is 266 g/mol. The molecule has 1 heterocycles. The molecule has 0 bridgehead atoms. The number of rotatable bonds is 7. The number of carbonyl (C=O) groups is 1. The predicted molar refractivity (Wildman–Crippen MR) is 81.1 cm³/mol. The quantitative estimate of drug-likeness (QED) is 0.775. The van der Waals surface area contributed by atoms with Crippen LogP contribution in [0.25, 0.3) is 0 Å². The monoisotopic (exact) mass is 293 g/mol. The van der Waals surface area contributed by atoms with Crippen LogP contribution in [-0.4, -0.2) is 33.3 Å². The highest BCUT2D eigenvalue weighted by Gasteiger charge is 2.30. The van der Waals surface area contributed by atoms with Gasteiger partial charge >= 0.3 is 0 Å². The molecule has 21 heavy (non-hydrogen) atoms. The molecule has 118 valence electrons. The van der Waals surface area contributed by atoms with Crippen molar-refractivity contribution in [1.29, 1.82) is 0 Å². The maximum atomic E-state index is 12.7. The van der Waals surface area contributed by atoms with E-state index in [0.29, 0.717) is 18.9 Å². The number of hydrogen-bond donors (Lipinski definition) is 0. The largest absolute Gasteiger partial charge is 0.370 e. The van der Waals surface area contributed by atoms with Crippen molar-refractivity contribution < 1.29 is 9.53 Å². The molecule has 1 saturated carbocycles. The lowest BCUT2D eigenvalue weighted by Crippen LogP contribution is -2.35. The number of Topliss-reactive ketones (excluding diaryl/α,β-unsaturated/α-hetero) is 1. The Morgan fingerprint density at radius 1 is 1.38 bits per heavy atom. The molecule has 1 aromatic rings. The summed E-state index contributed by atoms with van der Waals surface area (Å²) in [6.45, 7) is 6.64. The Labute approximate surface area is 127 Å². The highest BCUT2D eigenvalue weighted by molar-refractivity contribution is 5.85. The van der Waals surface area contributed by atoms with Gasteiger partial charge in [0.15, 0.2) is 5.78 Å². The number of carbonyl (C=O) groups excluding carboxylic acids is 1. The Morgan fingerprint density at radius 3 is 2.71 bits per heavy atom. The normalized spacial score (nSPS) is 18.1. The second-order valence-corrected chi connectivity index (χ2v) is 6.13. The van der Waals surface area contributed by atoms with Crippen molar-refractivity contribution in [3.05, 3.63) is 12.2 Å². The van der Waals surface area contributed by atoms with E-state index in [2.05, 4.69) is 10.1 Å². The molecule has 1 aliphatic rings. The molecule has 0 spiro atoms. The zero-order valence-corrected chi connectivity index (χ0v) is 13.4. The molecule has 0 saturated heterocycles. The first kappa shape index (κ1) is 16.1. The number of hydrogen-bond acceptors (Lipinski definition) is 4. The van der Waals surface area contributed by atoms with Crippen LogP contribution in [0.1, 0.15) is 64.7 Å². The van der Waals surface area contributed by atoms with Gasteiger partial charge in [0, 0.05) is 12.6 Å². The van der Waals surface area contributed by atoms with Crippen LogP contribution in [0, 0.1) is 5.92 Å². The second-order valence-electron chi connectivity index (χ2n) is 6.13. The van der Waals surface area contributed by atoms with E-state index in [1.165, 1.54) is 25.6 Å². The third-order valence-corrected chi connectivity index (χ3v) is 4.21. The predicted octanol–water partition coefficient (Wildman–Crippen LogP) is 2.96. The van der Waals surface area contributed by atoms with Crippen LogP contribution < -0.4 is 0 Å². The minimum absolute atomic E-state index is 0.152. The first-order valence-corrected chi connectivity index (χ1v) is 8.16. The lowest BCUT2D eigenvalue weighted by molar-refractivity contribution is -0.134. The molecule has 1 aromatic heterocycles. The molecule has 0 radical (unpaired) electrons.